The van der Waals surface area contributed by atoms with Gasteiger partial charge >= 0.3 is 5.97 Å². The van der Waals surface area contributed by atoms with Crippen molar-refractivity contribution in [2.75, 3.05) is 11.9 Å². The van der Waals surface area contributed by atoms with Crippen molar-refractivity contribution in [2.45, 2.75) is 20.3 Å². The molecule has 0 saturated carbocycles. The lowest BCUT2D eigenvalue weighted by Crippen LogP contribution is -2.14. The second kappa shape index (κ2) is 5.30. The zero-order valence-corrected chi connectivity index (χ0v) is 11.5. The first-order chi connectivity index (χ1) is 8.97. The predicted octanol–water partition coefficient (Wildman–Crippen LogP) is 2.40. The Hall–Kier alpha value is -2.04. The third kappa shape index (κ3) is 3.05. The summed E-state index contributed by atoms with van der Waals surface area (Å²) < 4.78 is 2.05. The summed E-state index contributed by atoms with van der Waals surface area (Å²) in [6.45, 7) is 4.54. The molecule has 1 aromatic carbocycles. The van der Waals surface area contributed by atoms with Gasteiger partial charge in [0.2, 0.25) is 0 Å². The molecule has 0 aliphatic heterocycles. The van der Waals surface area contributed by atoms with Gasteiger partial charge in [-0.2, -0.15) is 0 Å². The number of benzene rings is 1. The van der Waals surface area contributed by atoms with Crippen LogP contribution >= 0.6 is 0 Å². The number of carboxylic acid groups (broad SMARTS) is 1. The number of fused-ring (bicyclic) bond motifs is 1. The molecule has 1 unspecified atom stereocenters. The molecule has 5 nitrogen and oxygen atoms in total. The Balaban J connectivity index is 2.07. The first kappa shape index (κ1) is 13.4. The SMILES string of the molecule is Cc1nc2cc(NCC(C)CC(=O)O)ccc2n1C. The minimum absolute atomic E-state index is 0.0960. The molecule has 2 aromatic rings. The molecule has 0 amide bonds. The Morgan fingerprint density at radius 1 is 1.53 bits per heavy atom. The van der Waals surface area contributed by atoms with Gasteiger partial charge in [0.15, 0.2) is 0 Å². The molecule has 0 spiro atoms. The van der Waals surface area contributed by atoms with E-state index in [9.17, 15) is 4.79 Å². The highest BCUT2D eigenvalue weighted by Gasteiger charge is 2.08. The summed E-state index contributed by atoms with van der Waals surface area (Å²) in [6.07, 6.45) is 0.179. The average Bonchev–Trinajstić information content (AvgIpc) is 2.61. The molecule has 2 N–H and O–H groups in total. The molecule has 19 heavy (non-hydrogen) atoms. The van der Waals surface area contributed by atoms with Crippen molar-refractivity contribution in [1.82, 2.24) is 9.55 Å². The predicted molar refractivity (Wildman–Crippen MR) is 75.4 cm³/mol. The number of aromatic nitrogens is 2. The summed E-state index contributed by atoms with van der Waals surface area (Å²) in [5, 5.41) is 12.0. The van der Waals surface area contributed by atoms with E-state index in [4.69, 9.17) is 5.11 Å². The second-order valence-corrected chi connectivity index (χ2v) is 5.01. The molecule has 1 heterocycles. The van der Waals surface area contributed by atoms with Gasteiger partial charge in [-0.25, -0.2) is 4.98 Å². The Bertz CT molecular complexity index is 604. The maximum atomic E-state index is 10.6. The quantitative estimate of drug-likeness (QED) is 0.867. The molecule has 0 fully saturated rings. The minimum Gasteiger partial charge on any atom is -0.481 e. The molecule has 2 rings (SSSR count). The third-order valence-electron chi connectivity index (χ3n) is 3.28. The van der Waals surface area contributed by atoms with Crippen LogP contribution in [0.3, 0.4) is 0 Å². The molecule has 1 atom stereocenters. The van der Waals surface area contributed by atoms with E-state index in [0.717, 1.165) is 22.5 Å². The van der Waals surface area contributed by atoms with E-state index < -0.39 is 5.97 Å². The maximum absolute atomic E-state index is 10.6. The van der Waals surface area contributed by atoms with Crippen LogP contribution in [0.5, 0.6) is 0 Å². The van der Waals surface area contributed by atoms with Crippen LogP contribution in [0.15, 0.2) is 18.2 Å². The van der Waals surface area contributed by atoms with Gasteiger partial charge in [-0.05, 0) is 31.0 Å². The van der Waals surface area contributed by atoms with Gasteiger partial charge in [-0.3, -0.25) is 4.79 Å². The number of carboxylic acids is 1. The molecular weight excluding hydrogens is 242 g/mol. The highest BCUT2D eigenvalue weighted by molar-refractivity contribution is 5.80. The number of nitrogens with one attached hydrogen (secondary N) is 1. The van der Waals surface area contributed by atoms with Gasteiger partial charge in [0.25, 0.3) is 0 Å². The first-order valence-electron chi connectivity index (χ1n) is 6.36. The van der Waals surface area contributed by atoms with E-state index in [0.29, 0.717) is 6.54 Å². The van der Waals surface area contributed by atoms with Crippen LogP contribution in [0.2, 0.25) is 0 Å². The molecule has 0 aliphatic rings. The maximum Gasteiger partial charge on any atom is 0.303 e. The Morgan fingerprint density at radius 3 is 2.95 bits per heavy atom. The zero-order chi connectivity index (χ0) is 14.0. The lowest BCUT2D eigenvalue weighted by atomic mass is 10.1. The molecule has 0 bridgehead atoms. The normalized spacial score (nSPS) is 12.6. The van der Waals surface area contributed by atoms with Gasteiger partial charge in [0.05, 0.1) is 11.0 Å². The van der Waals surface area contributed by atoms with Crippen LogP contribution in [0, 0.1) is 12.8 Å². The van der Waals surface area contributed by atoms with Crippen molar-refractivity contribution in [1.29, 1.82) is 0 Å². The van der Waals surface area contributed by atoms with E-state index in [1.165, 1.54) is 0 Å². The van der Waals surface area contributed by atoms with Crippen molar-refractivity contribution in [2.24, 2.45) is 13.0 Å². The summed E-state index contributed by atoms with van der Waals surface area (Å²) in [5.74, 6) is 0.315. The topological polar surface area (TPSA) is 67.2 Å². The highest BCUT2D eigenvalue weighted by Crippen LogP contribution is 2.19. The van der Waals surface area contributed by atoms with Crippen LogP contribution in [0.4, 0.5) is 5.69 Å². The summed E-state index contributed by atoms with van der Waals surface area (Å²) in [5.41, 5.74) is 3.03. The number of nitrogens with zero attached hydrogens (tertiary/aromatic N) is 2. The van der Waals surface area contributed by atoms with E-state index >= 15 is 0 Å². The van der Waals surface area contributed by atoms with Crippen molar-refractivity contribution >= 4 is 22.7 Å². The number of rotatable bonds is 5. The fourth-order valence-corrected chi connectivity index (χ4v) is 2.09. The average molecular weight is 261 g/mol. The molecular formula is C14H19N3O2. The number of hydrogen-bond donors (Lipinski definition) is 2. The lowest BCUT2D eigenvalue weighted by Gasteiger charge is -2.11. The Morgan fingerprint density at radius 2 is 2.26 bits per heavy atom. The van der Waals surface area contributed by atoms with Crippen LogP contribution < -0.4 is 5.32 Å². The van der Waals surface area contributed by atoms with Crippen molar-refractivity contribution in [3.63, 3.8) is 0 Å². The van der Waals surface area contributed by atoms with Crippen LogP contribution in [-0.4, -0.2) is 27.2 Å². The standard InChI is InChI=1S/C14H19N3O2/c1-9(6-14(18)19)8-15-11-4-5-13-12(7-11)16-10(2)17(13)3/h4-5,7,9,15H,6,8H2,1-3H3,(H,18,19). The zero-order valence-electron chi connectivity index (χ0n) is 11.5. The van der Waals surface area contributed by atoms with Crippen LogP contribution in [-0.2, 0) is 11.8 Å². The largest absolute Gasteiger partial charge is 0.481 e. The fraction of sp³-hybridized carbons (Fsp3) is 0.429. The monoisotopic (exact) mass is 261 g/mol. The van der Waals surface area contributed by atoms with Crippen molar-refractivity contribution in [3.8, 4) is 0 Å². The third-order valence-corrected chi connectivity index (χ3v) is 3.28. The number of imidazole rings is 1. The Labute approximate surface area is 112 Å². The first-order valence-corrected chi connectivity index (χ1v) is 6.36. The summed E-state index contributed by atoms with van der Waals surface area (Å²) >= 11 is 0. The number of aliphatic carboxylic acids is 1. The van der Waals surface area contributed by atoms with Crippen LogP contribution in [0.1, 0.15) is 19.2 Å². The lowest BCUT2D eigenvalue weighted by molar-refractivity contribution is -0.137. The van der Waals surface area contributed by atoms with E-state index in [2.05, 4.69) is 10.3 Å². The van der Waals surface area contributed by atoms with Crippen molar-refractivity contribution < 1.29 is 9.90 Å². The number of carbonyl (C=O) groups is 1. The van der Waals surface area contributed by atoms with Gasteiger partial charge in [-0.15, -0.1) is 0 Å². The van der Waals surface area contributed by atoms with E-state index in [1.807, 2.05) is 43.7 Å². The van der Waals surface area contributed by atoms with Gasteiger partial charge in [0, 0.05) is 25.7 Å². The Kier molecular flexibility index (Phi) is 3.74. The van der Waals surface area contributed by atoms with Crippen LogP contribution in [0.25, 0.3) is 11.0 Å². The summed E-state index contributed by atoms with van der Waals surface area (Å²) in [6, 6.07) is 6.02. The molecule has 0 saturated heterocycles. The molecule has 102 valence electrons. The summed E-state index contributed by atoms with van der Waals surface area (Å²) in [4.78, 5) is 15.1. The highest BCUT2D eigenvalue weighted by atomic mass is 16.4. The van der Waals surface area contributed by atoms with E-state index in [-0.39, 0.29) is 12.3 Å². The number of aryl methyl sites for hydroxylation is 2. The van der Waals surface area contributed by atoms with E-state index in [1.54, 1.807) is 0 Å². The fourth-order valence-electron chi connectivity index (χ4n) is 2.09. The molecule has 1 aromatic heterocycles. The second-order valence-electron chi connectivity index (χ2n) is 5.01. The van der Waals surface area contributed by atoms with Gasteiger partial charge in [-0.1, -0.05) is 6.92 Å². The van der Waals surface area contributed by atoms with Gasteiger partial charge < -0.3 is 15.0 Å². The number of anilines is 1. The number of hydrogen-bond acceptors (Lipinski definition) is 3. The minimum atomic E-state index is -0.759. The summed E-state index contributed by atoms with van der Waals surface area (Å²) in [7, 11) is 1.99. The van der Waals surface area contributed by atoms with Gasteiger partial charge in [0.1, 0.15) is 5.82 Å². The molecule has 0 radical (unpaired) electrons. The molecule has 5 heteroatoms. The van der Waals surface area contributed by atoms with Crippen molar-refractivity contribution in [3.05, 3.63) is 24.0 Å². The molecule has 0 aliphatic carbocycles. The smallest absolute Gasteiger partial charge is 0.303 e.